The first-order valence-corrected chi connectivity index (χ1v) is 40.3. The van der Waals surface area contributed by atoms with E-state index in [0.29, 0.717) is 35.5 Å². The van der Waals surface area contributed by atoms with Gasteiger partial charge in [0.25, 0.3) is 0 Å². The predicted octanol–water partition coefficient (Wildman–Crippen LogP) is 28.9. The standard InChI is InChI=1S/3C33H29N2S.3Ir/c1-21(2)28-19-24(25-14-10-15-27-26-13-8-9-16-30(26)36-32(25)27)20-29(22(3)4)31(28)35-18-17-34-33(35)23-11-6-5-7-12-23;1-21(2)28-18-25(24-14-15-27-26-12-8-9-13-30(26)36-31(27)20-24)19-29(22(3)4)32(28)35-17-16-34-33(35)23-10-6-5-7-11-23;1-21(2)27-19-25(24-14-15-31-29(18-24)26-12-8-9-13-30(26)36-31)20-28(22(3)4)32(27)35-17-16-34-33(35)23-10-6-5-7-11-23;;;/h5-11,13-22H,1-4H3;2*5-10,12-22H,1-4H3;;;/q3*-1;;;. The quantitative estimate of drug-likeness (QED) is 0.0961. The fourth-order valence-corrected chi connectivity index (χ4v) is 18.9. The van der Waals surface area contributed by atoms with Crippen LogP contribution in [0.3, 0.4) is 0 Å². The van der Waals surface area contributed by atoms with Crippen LogP contribution in [-0.4, -0.2) is 28.7 Å². The second-order valence-corrected chi connectivity index (χ2v) is 33.2. The van der Waals surface area contributed by atoms with E-state index in [9.17, 15) is 0 Å². The molecule has 3 radical (unpaired) electrons. The third kappa shape index (κ3) is 15.8. The van der Waals surface area contributed by atoms with Gasteiger partial charge in [-0.2, -0.15) is 0 Å². The van der Waals surface area contributed by atoms with Gasteiger partial charge in [-0.25, -0.2) is 0 Å². The van der Waals surface area contributed by atoms with Gasteiger partial charge < -0.3 is 13.7 Å². The van der Waals surface area contributed by atoms with Gasteiger partial charge in [0.1, 0.15) is 0 Å². The number of rotatable bonds is 15. The maximum Gasteiger partial charge on any atom is 0.0602 e. The van der Waals surface area contributed by atoms with Gasteiger partial charge >= 0.3 is 0 Å². The average molecular weight is 2030 g/mol. The minimum Gasteiger partial charge on any atom is -0.340 e. The zero-order valence-corrected chi connectivity index (χ0v) is 74.0. The molecule has 0 unspecified atom stereocenters. The number of hydrogen-bond acceptors (Lipinski definition) is 6. The zero-order chi connectivity index (χ0) is 74.4. The Balaban J connectivity index is 0.000000144. The molecule has 0 bridgehead atoms. The summed E-state index contributed by atoms with van der Waals surface area (Å²) in [7, 11) is 0. The molecule has 0 aliphatic heterocycles. The van der Waals surface area contributed by atoms with Gasteiger partial charge in [-0.05, 0) is 175 Å². The molecule has 6 aromatic heterocycles. The molecule has 561 valence electrons. The number of hydrogen-bond donors (Lipinski definition) is 0. The molecule has 0 fully saturated rings. The van der Waals surface area contributed by atoms with Gasteiger partial charge in [-0.15, -0.1) is 142 Å². The second-order valence-electron chi connectivity index (χ2n) is 30.0. The van der Waals surface area contributed by atoms with Crippen LogP contribution in [0.1, 0.15) is 152 Å². The summed E-state index contributed by atoms with van der Waals surface area (Å²) in [5.41, 5.74) is 22.5. The van der Waals surface area contributed by atoms with E-state index in [4.69, 9.17) is 15.0 Å². The molecule has 6 nitrogen and oxygen atoms in total. The van der Waals surface area contributed by atoms with Crippen molar-refractivity contribution in [2.24, 2.45) is 0 Å². The van der Waals surface area contributed by atoms with Crippen molar-refractivity contribution in [3.05, 3.63) is 325 Å². The van der Waals surface area contributed by atoms with Crippen LogP contribution in [0.15, 0.2) is 274 Å². The number of benzene rings is 12. The van der Waals surface area contributed by atoms with Crippen LogP contribution in [0.5, 0.6) is 0 Å². The second kappa shape index (κ2) is 34.5. The molecule has 0 amide bonds. The van der Waals surface area contributed by atoms with Gasteiger partial charge in [-0.3, -0.25) is 15.0 Å². The molecule has 0 aliphatic carbocycles. The maximum absolute atomic E-state index is 4.74. The molecule has 0 saturated carbocycles. The van der Waals surface area contributed by atoms with Crippen molar-refractivity contribution in [1.82, 2.24) is 28.7 Å². The zero-order valence-electron chi connectivity index (χ0n) is 64.4. The minimum atomic E-state index is 0. The van der Waals surface area contributed by atoms with Crippen molar-refractivity contribution in [3.63, 3.8) is 0 Å². The van der Waals surface area contributed by atoms with Crippen LogP contribution in [-0.2, 0) is 60.3 Å². The van der Waals surface area contributed by atoms with E-state index >= 15 is 0 Å². The van der Waals surface area contributed by atoms with Gasteiger partial charge in [0, 0.05) is 175 Å². The van der Waals surface area contributed by atoms with Crippen LogP contribution in [0.2, 0.25) is 0 Å². The van der Waals surface area contributed by atoms with E-state index in [0.717, 1.165) is 34.2 Å². The Bertz CT molecular complexity index is 6190. The molecule has 0 saturated heterocycles. The summed E-state index contributed by atoms with van der Waals surface area (Å²) < 4.78 is 14.8. The molecule has 6 heterocycles. The first kappa shape index (κ1) is 79.9. The van der Waals surface area contributed by atoms with E-state index in [-0.39, 0.29) is 60.3 Å². The summed E-state index contributed by atoms with van der Waals surface area (Å²) in [6.45, 7) is 27.4. The van der Waals surface area contributed by atoms with Gasteiger partial charge in [0.05, 0.1) is 17.5 Å². The number of nitrogens with zero attached hydrogens (tertiary/aromatic N) is 6. The SMILES string of the molecule is CC(C)c1cc(-c2ccc3c(c2)sc2ccccc23)cc(C(C)C)c1-n1ccnc1-c1[c-]cccc1.CC(C)c1cc(-c2ccc3sc4ccccc4c3c2)cc(C(C)C)c1-n1ccnc1-c1[c-]cccc1.CC(C)c1cc(-c2cccc3c2sc2ccccc23)cc(C(C)C)c1-n1ccnc1-c1[c-]cccc1.[Ir].[Ir].[Ir]. The van der Waals surface area contributed by atoms with Crippen molar-refractivity contribution < 1.29 is 60.3 Å². The Hall–Kier alpha value is -9.12. The third-order valence-corrected chi connectivity index (χ3v) is 24.4. The summed E-state index contributed by atoms with van der Waals surface area (Å²) in [5.74, 6) is 4.94. The largest absolute Gasteiger partial charge is 0.340 e. The van der Waals surface area contributed by atoms with E-state index < -0.39 is 0 Å². The van der Waals surface area contributed by atoms with Crippen LogP contribution < -0.4 is 0 Å². The summed E-state index contributed by atoms with van der Waals surface area (Å²) in [4.78, 5) is 14.2. The Kier molecular flexibility index (Phi) is 24.8. The van der Waals surface area contributed by atoms with Crippen LogP contribution in [0, 0.1) is 18.2 Å². The first-order chi connectivity index (χ1) is 52.5. The van der Waals surface area contributed by atoms with Crippen LogP contribution in [0.25, 0.3) is 145 Å². The molecule has 111 heavy (non-hydrogen) atoms. The topological polar surface area (TPSA) is 53.5 Å². The van der Waals surface area contributed by atoms with Crippen molar-refractivity contribution in [3.8, 4) is 84.6 Å². The van der Waals surface area contributed by atoms with Gasteiger partial charge in [0.15, 0.2) is 0 Å². The fourth-order valence-electron chi connectivity index (χ4n) is 15.4. The van der Waals surface area contributed by atoms with E-state index in [1.54, 1.807) is 0 Å². The van der Waals surface area contributed by atoms with Crippen LogP contribution >= 0.6 is 34.0 Å². The molecular weight excluding hydrogens is 1950 g/mol. The molecule has 18 aromatic rings. The van der Waals surface area contributed by atoms with Crippen molar-refractivity contribution in [2.75, 3.05) is 0 Å². The van der Waals surface area contributed by atoms with Gasteiger partial charge in [-0.1, -0.05) is 174 Å². The number of thiophene rings is 3. The number of imidazole rings is 3. The average Bonchev–Trinajstić information content (AvgIpc) is 1.72. The summed E-state index contributed by atoms with van der Waals surface area (Å²) in [6.07, 6.45) is 12.0. The molecule has 18 rings (SSSR count). The molecule has 0 N–H and O–H groups in total. The summed E-state index contributed by atoms with van der Waals surface area (Å²) in [6, 6.07) is 95.5. The molecule has 12 aromatic carbocycles. The summed E-state index contributed by atoms with van der Waals surface area (Å²) >= 11 is 5.64. The van der Waals surface area contributed by atoms with Crippen molar-refractivity contribution in [1.29, 1.82) is 0 Å². The molecule has 0 atom stereocenters. The smallest absolute Gasteiger partial charge is 0.0602 e. The van der Waals surface area contributed by atoms with Gasteiger partial charge in [0.2, 0.25) is 0 Å². The van der Waals surface area contributed by atoms with Crippen molar-refractivity contribution in [2.45, 2.75) is 119 Å². The van der Waals surface area contributed by atoms with E-state index in [2.05, 4.69) is 316 Å². The predicted molar refractivity (Wildman–Crippen MR) is 463 cm³/mol. The third-order valence-electron chi connectivity index (χ3n) is 20.9. The molecule has 0 spiro atoms. The Labute approximate surface area is 705 Å². The molecule has 0 aliphatic rings. The normalized spacial score (nSPS) is 11.5. The van der Waals surface area contributed by atoms with Crippen molar-refractivity contribution >= 4 is 94.5 Å². The number of aromatic nitrogens is 6. The Morgan fingerprint density at radius 1 is 0.270 bits per heavy atom. The number of fused-ring (bicyclic) bond motifs is 9. The van der Waals surface area contributed by atoms with E-state index in [1.165, 1.54) is 144 Å². The first-order valence-electron chi connectivity index (χ1n) is 37.8. The monoisotopic (exact) mass is 2030 g/mol. The van der Waals surface area contributed by atoms with Crippen LogP contribution in [0.4, 0.5) is 0 Å². The maximum atomic E-state index is 4.74. The Morgan fingerprint density at radius 2 is 0.595 bits per heavy atom. The molecule has 12 heteroatoms. The van der Waals surface area contributed by atoms with E-state index in [1.807, 2.05) is 107 Å². The molecular formula is C99H87Ir3N6S3-3. The fraction of sp³-hybridized carbons (Fsp3) is 0.182. The Morgan fingerprint density at radius 3 is 1.00 bits per heavy atom. The summed E-state index contributed by atoms with van der Waals surface area (Å²) in [5, 5.41) is 8.04. The minimum absolute atomic E-state index is 0.